The van der Waals surface area contributed by atoms with Crippen LogP contribution in [0.25, 0.3) is 0 Å². The van der Waals surface area contributed by atoms with E-state index in [2.05, 4.69) is 0 Å². The van der Waals surface area contributed by atoms with E-state index in [-0.39, 0.29) is 34.4 Å². The Hall–Kier alpha value is -2.74. The minimum Gasteiger partial charge on any atom is -0.339 e. The number of sulfone groups is 1. The van der Waals surface area contributed by atoms with Crippen LogP contribution in [0.3, 0.4) is 0 Å². The molecule has 1 aliphatic heterocycles. The van der Waals surface area contributed by atoms with Gasteiger partial charge in [-0.15, -0.1) is 0 Å². The van der Waals surface area contributed by atoms with Gasteiger partial charge in [0.05, 0.1) is 10.6 Å². The molecular weight excluding hydrogens is 431 g/mol. The van der Waals surface area contributed by atoms with E-state index in [0.29, 0.717) is 31.7 Å². The number of hydrogen-bond donors (Lipinski definition) is 0. The maximum absolute atomic E-state index is 13.8. The predicted octanol–water partition coefficient (Wildman–Crippen LogP) is 2.77. The zero-order chi connectivity index (χ0) is 22.9. The molecule has 0 bridgehead atoms. The van der Waals surface area contributed by atoms with Crippen LogP contribution in [0.4, 0.5) is 4.39 Å². The molecule has 32 heavy (non-hydrogen) atoms. The number of piperazine rings is 1. The maximum Gasteiger partial charge on any atom is 0.254 e. The second-order valence-corrected chi connectivity index (χ2v) is 10.6. The summed E-state index contributed by atoms with van der Waals surface area (Å²) >= 11 is 0. The van der Waals surface area contributed by atoms with Crippen LogP contribution in [0.1, 0.15) is 39.9 Å². The van der Waals surface area contributed by atoms with Gasteiger partial charge >= 0.3 is 0 Å². The van der Waals surface area contributed by atoms with E-state index in [0.717, 1.165) is 24.8 Å². The van der Waals surface area contributed by atoms with Gasteiger partial charge in [-0.05, 0) is 67.1 Å². The Balaban J connectivity index is 1.30. The molecule has 0 atom stereocenters. The fourth-order valence-corrected chi connectivity index (χ4v) is 5.58. The van der Waals surface area contributed by atoms with E-state index < -0.39 is 15.7 Å². The van der Waals surface area contributed by atoms with Crippen molar-refractivity contribution in [2.24, 2.45) is 0 Å². The third-order valence-corrected chi connectivity index (χ3v) is 8.07. The summed E-state index contributed by atoms with van der Waals surface area (Å²) in [5.41, 5.74) is 3.06. The van der Waals surface area contributed by atoms with Crippen LogP contribution in [0.2, 0.25) is 0 Å². The summed E-state index contributed by atoms with van der Waals surface area (Å²) in [5, 5.41) is 0. The molecule has 2 aromatic carbocycles. The van der Waals surface area contributed by atoms with Crippen LogP contribution in [0.15, 0.2) is 41.3 Å². The summed E-state index contributed by atoms with van der Waals surface area (Å²) in [6.45, 7) is 2.96. The van der Waals surface area contributed by atoms with Gasteiger partial charge in [-0.25, -0.2) is 12.8 Å². The number of carbonyl (C=O) groups excluding carboxylic acids is 2. The normalized spacial score (nSPS) is 16.2. The van der Waals surface area contributed by atoms with Gasteiger partial charge in [0.2, 0.25) is 5.91 Å². The molecule has 0 radical (unpaired) electrons. The molecule has 6 nitrogen and oxygen atoms in total. The van der Waals surface area contributed by atoms with Crippen LogP contribution >= 0.6 is 0 Å². The fourth-order valence-electron chi connectivity index (χ4n) is 4.31. The number of hydrogen-bond acceptors (Lipinski definition) is 4. The average molecular weight is 459 g/mol. The Morgan fingerprint density at radius 3 is 2.34 bits per heavy atom. The minimum absolute atomic E-state index is 0.0868. The molecule has 4 rings (SSSR count). The highest BCUT2D eigenvalue weighted by Gasteiger charge is 2.27. The third-order valence-electron chi connectivity index (χ3n) is 6.35. The van der Waals surface area contributed by atoms with Crippen molar-refractivity contribution in [2.75, 3.05) is 31.9 Å². The van der Waals surface area contributed by atoms with Crippen molar-refractivity contribution < 1.29 is 22.4 Å². The molecule has 0 unspecified atom stereocenters. The van der Waals surface area contributed by atoms with Gasteiger partial charge in [-0.1, -0.05) is 12.1 Å². The van der Waals surface area contributed by atoms with Crippen LogP contribution in [-0.2, 0) is 27.5 Å². The second kappa shape index (κ2) is 9.02. The Labute approximate surface area is 187 Å². The summed E-state index contributed by atoms with van der Waals surface area (Å²) in [5.74, 6) is -1.15. The molecule has 1 fully saturated rings. The quantitative estimate of drug-likeness (QED) is 0.691. The lowest BCUT2D eigenvalue weighted by Crippen LogP contribution is -2.50. The van der Waals surface area contributed by atoms with Crippen molar-refractivity contribution in [3.63, 3.8) is 0 Å². The van der Waals surface area contributed by atoms with Crippen molar-refractivity contribution >= 4 is 21.7 Å². The molecule has 1 saturated heterocycles. The topological polar surface area (TPSA) is 74.8 Å². The maximum atomic E-state index is 13.8. The Kier molecular flexibility index (Phi) is 6.33. The van der Waals surface area contributed by atoms with Gasteiger partial charge < -0.3 is 9.80 Å². The fraction of sp³-hybridized carbons (Fsp3) is 0.417. The third kappa shape index (κ3) is 4.70. The molecule has 0 spiro atoms. The van der Waals surface area contributed by atoms with Crippen molar-refractivity contribution in [1.82, 2.24) is 9.80 Å². The number of aryl methyl sites for hydroxylation is 3. The number of rotatable bonds is 5. The van der Waals surface area contributed by atoms with Gasteiger partial charge in [0, 0.05) is 38.2 Å². The molecule has 170 valence electrons. The number of carbonyl (C=O) groups is 2. The van der Waals surface area contributed by atoms with E-state index in [4.69, 9.17) is 0 Å². The lowest BCUT2D eigenvalue weighted by Gasteiger charge is -2.35. The minimum atomic E-state index is -3.53. The van der Waals surface area contributed by atoms with Gasteiger partial charge in [0.15, 0.2) is 9.84 Å². The SMILES string of the molecule is Cc1ccc(C(=O)N2CCN(C(=O)CCS(=O)(=O)c3ccc4c(c3)CCC4)CC2)cc1F. The van der Waals surface area contributed by atoms with Gasteiger partial charge in [0.25, 0.3) is 5.91 Å². The van der Waals surface area contributed by atoms with E-state index in [1.165, 1.54) is 11.6 Å². The van der Waals surface area contributed by atoms with Gasteiger partial charge in [0.1, 0.15) is 5.82 Å². The summed E-state index contributed by atoms with van der Waals surface area (Å²) in [7, 11) is -3.53. The zero-order valence-electron chi connectivity index (χ0n) is 18.1. The van der Waals surface area contributed by atoms with Gasteiger partial charge in [-0.3, -0.25) is 9.59 Å². The van der Waals surface area contributed by atoms with E-state index in [1.54, 1.807) is 41.0 Å². The lowest BCUT2D eigenvalue weighted by molar-refractivity contribution is -0.132. The van der Waals surface area contributed by atoms with Crippen molar-refractivity contribution in [3.8, 4) is 0 Å². The molecule has 0 saturated carbocycles. The monoisotopic (exact) mass is 458 g/mol. The Bertz CT molecular complexity index is 1150. The highest BCUT2D eigenvalue weighted by atomic mass is 32.2. The largest absolute Gasteiger partial charge is 0.339 e. The number of nitrogens with zero attached hydrogens (tertiary/aromatic N) is 2. The second-order valence-electron chi connectivity index (χ2n) is 8.49. The molecular formula is C24H27FN2O4S. The van der Waals surface area contributed by atoms with E-state index in [9.17, 15) is 22.4 Å². The molecule has 0 aromatic heterocycles. The van der Waals surface area contributed by atoms with Crippen molar-refractivity contribution in [3.05, 3.63) is 64.5 Å². The molecule has 1 heterocycles. The number of amides is 2. The van der Waals surface area contributed by atoms with Gasteiger partial charge in [-0.2, -0.15) is 0 Å². The number of benzene rings is 2. The highest BCUT2D eigenvalue weighted by molar-refractivity contribution is 7.91. The number of fused-ring (bicyclic) bond motifs is 1. The first-order chi connectivity index (χ1) is 15.2. The van der Waals surface area contributed by atoms with E-state index in [1.807, 2.05) is 6.07 Å². The first-order valence-corrected chi connectivity index (χ1v) is 12.6. The summed E-state index contributed by atoms with van der Waals surface area (Å²) in [4.78, 5) is 28.7. The molecule has 0 N–H and O–H groups in total. The van der Waals surface area contributed by atoms with Crippen molar-refractivity contribution in [2.45, 2.75) is 37.5 Å². The number of halogens is 1. The first-order valence-electron chi connectivity index (χ1n) is 10.9. The first kappa shape index (κ1) is 22.5. The predicted molar refractivity (Wildman–Crippen MR) is 119 cm³/mol. The van der Waals surface area contributed by atoms with Crippen molar-refractivity contribution in [1.29, 1.82) is 0 Å². The Morgan fingerprint density at radius 2 is 1.62 bits per heavy atom. The zero-order valence-corrected chi connectivity index (χ0v) is 19.0. The van der Waals surface area contributed by atoms with Crippen LogP contribution in [0.5, 0.6) is 0 Å². The summed E-state index contributed by atoms with van der Waals surface area (Å²) in [6.07, 6.45) is 2.85. The van der Waals surface area contributed by atoms with Crippen LogP contribution in [-0.4, -0.2) is 62.0 Å². The smallest absolute Gasteiger partial charge is 0.254 e. The lowest BCUT2D eigenvalue weighted by atomic mass is 10.1. The average Bonchev–Trinajstić information content (AvgIpc) is 3.27. The molecule has 2 amide bonds. The van der Waals surface area contributed by atoms with E-state index >= 15 is 0 Å². The summed E-state index contributed by atoms with van der Waals surface area (Å²) in [6, 6.07) is 9.68. The highest BCUT2D eigenvalue weighted by Crippen LogP contribution is 2.25. The molecule has 2 aliphatic rings. The molecule has 2 aromatic rings. The molecule has 8 heteroatoms. The van der Waals surface area contributed by atoms with Crippen LogP contribution in [0, 0.1) is 12.7 Å². The van der Waals surface area contributed by atoms with Crippen LogP contribution < -0.4 is 0 Å². The molecule has 1 aliphatic carbocycles. The summed E-state index contributed by atoms with van der Waals surface area (Å²) < 4.78 is 39.2. The Morgan fingerprint density at radius 1 is 0.938 bits per heavy atom. The standard InChI is InChI=1S/C24H27FN2O4S/c1-17-5-6-20(16-22(17)25)24(29)27-12-10-26(11-13-27)23(28)9-14-32(30,31)21-8-7-18-3-2-4-19(18)15-21/h5-8,15-16H,2-4,9-14H2,1H3.